The number of nitrogens with two attached hydrogens (primary N) is 1. The molecule has 0 bridgehead atoms. The predicted octanol–water partition coefficient (Wildman–Crippen LogP) is 2.07. The summed E-state index contributed by atoms with van der Waals surface area (Å²) >= 11 is 1.44. The van der Waals surface area contributed by atoms with E-state index in [2.05, 4.69) is 10.3 Å². The molecule has 0 aromatic carbocycles. The van der Waals surface area contributed by atoms with Crippen molar-refractivity contribution in [1.82, 2.24) is 10.3 Å². The molecule has 0 aliphatic heterocycles. The summed E-state index contributed by atoms with van der Waals surface area (Å²) in [5.41, 5.74) is 6.47. The van der Waals surface area contributed by atoms with E-state index in [0.29, 0.717) is 12.5 Å². The third kappa shape index (κ3) is 4.09. The highest BCUT2D eigenvalue weighted by Crippen LogP contribution is 2.32. The summed E-state index contributed by atoms with van der Waals surface area (Å²) in [6.45, 7) is 4.30. The second kappa shape index (κ2) is 7.28. The van der Waals surface area contributed by atoms with E-state index in [0.717, 1.165) is 15.6 Å². The van der Waals surface area contributed by atoms with E-state index in [9.17, 15) is 4.79 Å². The zero-order valence-electron chi connectivity index (χ0n) is 10.4. The summed E-state index contributed by atoms with van der Waals surface area (Å²) in [5, 5.41) is 3.93. The van der Waals surface area contributed by atoms with Gasteiger partial charge in [-0.05, 0) is 32.6 Å². The smallest absolute Gasteiger partial charge is 0.263 e. The average Bonchev–Trinajstić information content (AvgIpc) is 3.01. The number of halogens is 2. The van der Waals surface area contributed by atoms with E-state index in [-0.39, 0.29) is 36.8 Å². The molecule has 7 heteroatoms. The topological polar surface area (TPSA) is 68.0 Å². The molecule has 1 aromatic rings. The van der Waals surface area contributed by atoms with Crippen LogP contribution in [-0.2, 0) is 0 Å². The SMILES string of the molecule is Cc1nc(C)c(C(=O)NC(CN)C2CC2)s1.Cl.Cl. The van der Waals surface area contributed by atoms with Crippen molar-refractivity contribution < 1.29 is 4.79 Å². The molecule has 1 aromatic heterocycles. The summed E-state index contributed by atoms with van der Waals surface area (Å²) in [5.74, 6) is 0.564. The summed E-state index contributed by atoms with van der Waals surface area (Å²) in [6.07, 6.45) is 2.37. The molecule has 1 saturated carbocycles. The van der Waals surface area contributed by atoms with Crippen LogP contribution in [0.5, 0.6) is 0 Å². The first-order valence-corrected chi connectivity index (χ1v) is 6.38. The molecule has 1 fully saturated rings. The lowest BCUT2D eigenvalue weighted by atomic mass is 10.2. The van der Waals surface area contributed by atoms with Gasteiger partial charge in [-0.15, -0.1) is 36.2 Å². The van der Waals surface area contributed by atoms with Crippen LogP contribution in [0.2, 0.25) is 0 Å². The maximum absolute atomic E-state index is 12.0. The van der Waals surface area contributed by atoms with Gasteiger partial charge in [0.1, 0.15) is 4.88 Å². The zero-order valence-corrected chi connectivity index (χ0v) is 12.9. The third-order valence-electron chi connectivity index (χ3n) is 2.87. The lowest BCUT2D eigenvalue weighted by Crippen LogP contribution is -2.41. The molecular weight excluding hydrogens is 293 g/mol. The van der Waals surface area contributed by atoms with Crippen LogP contribution in [0.1, 0.15) is 33.2 Å². The number of nitrogens with zero attached hydrogens (tertiary/aromatic N) is 1. The van der Waals surface area contributed by atoms with Crippen molar-refractivity contribution in [3.63, 3.8) is 0 Å². The fourth-order valence-electron chi connectivity index (χ4n) is 1.84. The van der Waals surface area contributed by atoms with Crippen molar-refractivity contribution in [3.8, 4) is 0 Å². The van der Waals surface area contributed by atoms with E-state index < -0.39 is 0 Å². The number of amides is 1. The van der Waals surface area contributed by atoms with Crippen LogP contribution in [-0.4, -0.2) is 23.5 Å². The van der Waals surface area contributed by atoms with Crippen LogP contribution in [0.25, 0.3) is 0 Å². The van der Waals surface area contributed by atoms with Crippen LogP contribution in [0.3, 0.4) is 0 Å². The minimum atomic E-state index is -0.0227. The predicted molar refractivity (Wildman–Crippen MR) is 79.1 cm³/mol. The fourth-order valence-corrected chi connectivity index (χ4v) is 2.67. The summed E-state index contributed by atoms with van der Waals surface area (Å²) < 4.78 is 0. The van der Waals surface area contributed by atoms with Crippen molar-refractivity contribution in [2.24, 2.45) is 11.7 Å². The molecule has 1 atom stereocenters. The monoisotopic (exact) mass is 311 g/mol. The Morgan fingerprint density at radius 2 is 2.11 bits per heavy atom. The van der Waals surface area contributed by atoms with Gasteiger partial charge in [-0.1, -0.05) is 0 Å². The standard InChI is InChI=1S/C11H17N3OS.2ClH/c1-6-10(16-7(2)13-6)11(15)14-9(5-12)8-3-4-8;;/h8-9H,3-5,12H2,1-2H3,(H,14,15);2*1H. The third-order valence-corrected chi connectivity index (χ3v) is 3.94. The Bertz CT molecular complexity index is 407. The van der Waals surface area contributed by atoms with Gasteiger partial charge in [0.2, 0.25) is 0 Å². The van der Waals surface area contributed by atoms with Crippen LogP contribution >= 0.6 is 36.2 Å². The Hall–Kier alpha value is -0.360. The first-order chi connectivity index (χ1) is 7.61. The molecule has 1 aliphatic rings. The maximum Gasteiger partial charge on any atom is 0.263 e. The largest absolute Gasteiger partial charge is 0.347 e. The van der Waals surface area contributed by atoms with Gasteiger partial charge in [0.25, 0.3) is 5.91 Å². The van der Waals surface area contributed by atoms with E-state index in [1.165, 1.54) is 24.2 Å². The van der Waals surface area contributed by atoms with Crippen molar-refractivity contribution in [2.45, 2.75) is 32.7 Å². The molecule has 3 N–H and O–H groups in total. The molecule has 4 nitrogen and oxygen atoms in total. The highest BCUT2D eigenvalue weighted by molar-refractivity contribution is 7.13. The second-order valence-corrected chi connectivity index (χ2v) is 5.50. The van der Waals surface area contributed by atoms with Gasteiger partial charge in [-0.25, -0.2) is 4.98 Å². The number of rotatable bonds is 4. The van der Waals surface area contributed by atoms with Gasteiger partial charge in [0.05, 0.1) is 10.7 Å². The van der Waals surface area contributed by atoms with Crippen LogP contribution in [0.15, 0.2) is 0 Å². The van der Waals surface area contributed by atoms with Gasteiger partial charge in [-0.3, -0.25) is 4.79 Å². The van der Waals surface area contributed by atoms with E-state index >= 15 is 0 Å². The Balaban J connectivity index is 0.00000144. The van der Waals surface area contributed by atoms with Gasteiger partial charge in [-0.2, -0.15) is 0 Å². The number of carbonyl (C=O) groups excluding carboxylic acids is 1. The number of hydrogen-bond donors (Lipinski definition) is 2. The van der Waals surface area contributed by atoms with Crippen molar-refractivity contribution >= 4 is 42.1 Å². The number of nitrogens with one attached hydrogen (secondary N) is 1. The molecular formula is C11H19Cl2N3OS. The highest BCUT2D eigenvalue weighted by atomic mass is 35.5. The molecule has 1 unspecified atom stereocenters. The molecule has 0 radical (unpaired) electrons. The van der Waals surface area contributed by atoms with E-state index in [4.69, 9.17) is 5.73 Å². The highest BCUT2D eigenvalue weighted by Gasteiger charge is 2.31. The first-order valence-electron chi connectivity index (χ1n) is 5.56. The maximum atomic E-state index is 12.0. The van der Waals surface area contributed by atoms with Crippen molar-refractivity contribution in [1.29, 1.82) is 0 Å². The normalized spacial score (nSPS) is 15.3. The van der Waals surface area contributed by atoms with Gasteiger partial charge in [0.15, 0.2) is 0 Å². The summed E-state index contributed by atoms with van der Waals surface area (Å²) in [4.78, 5) is 17.0. The van der Waals surface area contributed by atoms with Gasteiger partial charge >= 0.3 is 0 Å². The van der Waals surface area contributed by atoms with Gasteiger partial charge < -0.3 is 11.1 Å². The average molecular weight is 312 g/mol. The minimum Gasteiger partial charge on any atom is -0.347 e. The van der Waals surface area contributed by atoms with Crippen LogP contribution in [0.4, 0.5) is 0 Å². The summed E-state index contributed by atoms with van der Waals surface area (Å²) in [6, 6.07) is 0.134. The number of thiazole rings is 1. The lowest BCUT2D eigenvalue weighted by Gasteiger charge is -2.15. The Kier molecular flexibility index (Phi) is 7.14. The molecule has 2 rings (SSSR count). The molecule has 18 heavy (non-hydrogen) atoms. The number of aryl methyl sites for hydroxylation is 2. The Labute approximate surface area is 124 Å². The second-order valence-electron chi connectivity index (χ2n) is 4.30. The molecule has 0 saturated heterocycles. The zero-order chi connectivity index (χ0) is 11.7. The van der Waals surface area contributed by atoms with Crippen LogP contribution < -0.4 is 11.1 Å². The summed E-state index contributed by atoms with van der Waals surface area (Å²) in [7, 11) is 0. The number of carbonyl (C=O) groups is 1. The van der Waals surface area contributed by atoms with E-state index in [1.807, 2.05) is 13.8 Å². The number of hydrogen-bond acceptors (Lipinski definition) is 4. The molecule has 104 valence electrons. The van der Waals surface area contributed by atoms with Gasteiger partial charge in [0, 0.05) is 12.6 Å². The van der Waals surface area contributed by atoms with Crippen molar-refractivity contribution in [3.05, 3.63) is 15.6 Å². The molecule has 0 spiro atoms. The fraction of sp³-hybridized carbons (Fsp3) is 0.636. The quantitative estimate of drug-likeness (QED) is 0.894. The Morgan fingerprint density at radius 3 is 2.50 bits per heavy atom. The van der Waals surface area contributed by atoms with E-state index in [1.54, 1.807) is 0 Å². The minimum absolute atomic E-state index is 0. The lowest BCUT2D eigenvalue weighted by molar-refractivity contribution is 0.0937. The number of aromatic nitrogens is 1. The first kappa shape index (κ1) is 17.6. The molecule has 1 heterocycles. The van der Waals surface area contributed by atoms with Crippen molar-refractivity contribution in [2.75, 3.05) is 6.54 Å². The Morgan fingerprint density at radius 1 is 1.50 bits per heavy atom. The molecule has 1 aliphatic carbocycles. The molecule has 1 amide bonds. The van der Waals surface area contributed by atoms with Crippen LogP contribution in [0, 0.1) is 19.8 Å².